The quantitative estimate of drug-likeness (QED) is 0.594. The van der Waals surface area contributed by atoms with Crippen molar-refractivity contribution in [1.29, 1.82) is 0 Å². The van der Waals surface area contributed by atoms with Crippen LogP contribution < -0.4 is 0 Å². The third-order valence-electron chi connectivity index (χ3n) is 1.79. The Morgan fingerprint density at radius 2 is 2.07 bits per heavy atom. The highest BCUT2D eigenvalue weighted by molar-refractivity contribution is 5.48. The number of phenols is 1. The van der Waals surface area contributed by atoms with Crippen molar-refractivity contribution in [2.24, 2.45) is 0 Å². The fourth-order valence-electron chi connectivity index (χ4n) is 0.997. The van der Waals surface area contributed by atoms with E-state index in [2.05, 4.69) is 0 Å². The van der Waals surface area contributed by atoms with Gasteiger partial charge in [0.05, 0.1) is 4.92 Å². The highest BCUT2D eigenvalue weighted by atomic mass is 19.3. The van der Waals surface area contributed by atoms with Crippen molar-refractivity contribution < 1.29 is 23.9 Å². The van der Waals surface area contributed by atoms with Gasteiger partial charge in [-0.3, -0.25) is 10.1 Å². The molecule has 15 heavy (non-hydrogen) atoms. The zero-order chi connectivity index (χ0) is 11.6. The van der Waals surface area contributed by atoms with E-state index in [1.165, 1.54) is 0 Å². The van der Waals surface area contributed by atoms with Gasteiger partial charge in [-0.25, -0.2) is 0 Å². The van der Waals surface area contributed by atoms with Crippen LogP contribution in [0.25, 0.3) is 0 Å². The van der Waals surface area contributed by atoms with Gasteiger partial charge in [-0.1, -0.05) is 0 Å². The van der Waals surface area contributed by atoms with Gasteiger partial charge in [-0.15, -0.1) is 0 Å². The van der Waals surface area contributed by atoms with Crippen molar-refractivity contribution in [3.63, 3.8) is 0 Å². The molecule has 0 aliphatic rings. The number of rotatable bonds is 3. The average Bonchev–Trinajstić information content (AvgIpc) is 2.17. The lowest BCUT2D eigenvalue weighted by Crippen LogP contribution is -2.18. The molecule has 0 saturated heterocycles. The van der Waals surface area contributed by atoms with E-state index in [0.717, 1.165) is 12.1 Å². The third kappa shape index (κ3) is 2.18. The summed E-state index contributed by atoms with van der Waals surface area (Å²) in [7, 11) is 0. The number of halogens is 2. The Morgan fingerprint density at radius 1 is 1.47 bits per heavy atom. The Labute approximate surface area is 82.7 Å². The first-order valence-electron chi connectivity index (χ1n) is 3.85. The zero-order valence-electron chi connectivity index (χ0n) is 7.35. The van der Waals surface area contributed by atoms with E-state index in [4.69, 9.17) is 10.2 Å². The van der Waals surface area contributed by atoms with Crippen molar-refractivity contribution in [2.75, 3.05) is 6.61 Å². The van der Waals surface area contributed by atoms with Crippen LogP contribution in [0.2, 0.25) is 0 Å². The predicted octanol–water partition coefficient (Wildman–Crippen LogP) is 1.38. The van der Waals surface area contributed by atoms with Crippen molar-refractivity contribution >= 4 is 5.69 Å². The largest absolute Gasteiger partial charge is 0.502 e. The predicted molar refractivity (Wildman–Crippen MR) is 45.7 cm³/mol. The minimum atomic E-state index is -3.52. The number of nitro groups is 1. The van der Waals surface area contributed by atoms with Crippen LogP contribution >= 0.6 is 0 Å². The van der Waals surface area contributed by atoms with Gasteiger partial charge in [0, 0.05) is 11.6 Å². The average molecular weight is 219 g/mol. The molecule has 0 aliphatic carbocycles. The number of nitro benzene ring substituents is 1. The molecule has 7 heteroatoms. The summed E-state index contributed by atoms with van der Waals surface area (Å²) in [6, 6.07) is 2.11. The van der Waals surface area contributed by atoms with Gasteiger partial charge in [0.2, 0.25) is 0 Å². The van der Waals surface area contributed by atoms with E-state index in [0.29, 0.717) is 6.07 Å². The lowest BCUT2D eigenvalue weighted by atomic mass is 10.1. The first-order chi connectivity index (χ1) is 6.88. The summed E-state index contributed by atoms with van der Waals surface area (Å²) in [5.74, 6) is -4.38. The Hall–Kier alpha value is -1.76. The molecule has 0 fully saturated rings. The molecule has 0 atom stereocenters. The monoisotopic (exact) mass is 219 g/mol. The van der Waals surface area contributed by atoms with Crippen molar-refractivity contribution in [2.45, 2.75) is 5.92 Å². The molecule has 0 aromatic heterocycles. The number of aliphatic hydroxyl groups excluding tert-OH is 1. The highest BCUT2D eigenvalue weighted by Crippen LogP contribution is 2.33. The third-order valence-corrected chi connectivity index (χ3v) is 1.79. The molecule has 0 aliphatic heterocycles. The summed E-state index contributed by atoms with van der Waals surface area (Å²) in [6.07, 6.45) is 0. The van der Waals surface area contributed by atoms with E-state index in [9.17, 15) is 18.9 Å². The van der Waals surface area contributed by atoms with Crippen LogP contribution in [0.4, 0.5) is 14.5 Å². The summed E-state index contributed by atoms with van der Waals surface area (Å²) in [5, 5.41) is 27.7. The second kappa shape index (κ2) is 3.77. The summed E-state index contributed by atoms with van der Waals surface area (Å²) in [6.45, 7) is -1.43. The van der Waals surface area contributed by atoms with Crippen LogP contribution in [0, 0.1) is 10.1 Å². The van der Waals surface area contributed by atoms with Gasteiger partial charge in [-0.05, 0) is 12.1 Å². The van der Waals surface area contributed by atoms with Gasteiger partial charge in [-0.2, -0.15) is 8.78 Å². The number of aromatic hydroxyl groups is 1. The van der Waals surface area contributed by atoms with E-state index in [1.54, 1.807) is 0 Å². The lowest BCUT2D eigenvalue weighted by Gasteiger charge is -2.13. The molecule has 1 aromatic rings. The Bertz CT molecular complexity index is 394. The number of phenolic OH excluding ortho intramolecular Hbond substituents is 1. The Balaban J connectivity index is 3.18. The van der Waals surface area contributed by atoms with Crippen LogP contribution in [-0.2, 0) is 5.92 Å². The first kappa shape index (κ1) is 11.3. The smallest absolute Gasteiger partial charge is 0.310 e. The number of hydrogen-bond donors (Lipinski definition) is 2. The van der Waals surface area contributed by atoms with Crippen LogP contribution in [0.1, 0.15) is 5.56 Å². The minimum Gasteiger partial charge on any atom is -0.502 e. The maximum absolute atomic E-state index is 12.9. The molecule has 0 saturated carbocycles. The minimum absolute atomic E-state index is 0.564. The summed E-state index contributed by atoms with van der Waals surface area (Å²) in [5.41, 5.74) is -1.33. The maximum atomic E-state index is 12.9. The first-order valence-corrected chi connectivity index (χ1v) is 3.85. The molecule has 5 nitrogen and oxygen atoms in total. The van der Waals surface area contributed by atoms with Crippen molar-refractivity contribution in [3.05, 3.63) is 33.9 Å². The Kier molecular flexibility index (Phi) is 2.85. The molecule has 1 rings (SSSR count). The standard InChI is InChI=1S/C8H7F2NO4/c9-8(10,4-12)5-1-2-6(11(14)15)7(13)3-5/h1-3,12-13H,4H2. The number of hydrogen-bond acceptors (Lipinski definition) is 4. The topological polar surface area (TPSA) is 83.6 Å². The number of nitrogens with zero attached hydrogens (tertiary/aromatic N) is 1. The molecule has 0 bridgehead atoms. The summed E-state index contributed by atoms with van der Waals surface area (Å²) < 4.78 is 25.7. The molecule has 82 valence electrons. The number of alkyl halides is 2. The van der Waals surface area contributed by atoms with Gasteiger partial charge in [0.15, 0.2) is 5.75 Å². The fraction of sp³-hybridized carbons (Fsp3) is 0.250. The van der Waals surface area contributed by atoms with Crippen LogP contribution in [0.3, 0.4) is 0 Å². The zero-order valence-corrected chi connectivity index (χ0v) is 7.35. The van der Waals surface area contributed by atoms with Gasteiger partial charge in [0.25, 0.3) is 5.92 Å². The molecule has 0 radical (unpaired) electrons. The molecule has 0 unspecified atom stereocenters. The molecule has 2 N–H and O–H groups in total. The lowest BCUT2D eigenvalue weighted by molar-refractivity contribution is -0.385. The number of benzene rings is 1. The molecule has 1 aromatic carbocycles. The second-order valence-electron chi connectivity index (χ2n) is 2.82. The molecule has 0 heterocycles. The summed E-state index contributed by atoms with van der Waals surface area (Å²) >= 11 is 0. The highest BCUT2D eigenvalue weighted by Gasteiger charge is 2.32. The van der Waals surface area contributed by atoms with Gasteiger partial charge in [0.1, 0.15) is 6.61 Å². The number of aliphatic hydroxyl groups is 1. The van der Waals surface area contributed by atoms with Gasteiger partial charge < -0.3 is 10.2 Å². The van der Waals surface area contributed by atoms with Crippen LogP contribution in [0.15, 0.2) is 18.2 Å². The van der Waals surface area contributed by atoms with E-state index in [-0.39, 0.29) is 0 Å². The second-order valence-corrected chi connectivity index (χ2v) is 2.82. The van der Waals surface area contributed by atoms with Crippen molar-refractivity contribution in [3.8, 4) is 5.75 Å². The van der Waals surface area contributed by atoms with Crippen LogP contribution in [0.5, 0.6) is 5.75 Å². The molecule has 0 spiro atoms. The SMILES string of the molecule is O=[N+]([O-])c1ccc(C(F)(F)CO)cc1O. The summed E-state index contributed by atoms with van der Waals surface area (Å²) in [4.78, 5) is 9.37. The van der Waals surface area contributed by atoms with E-state index >= 15 is 0 Å². The maximum Gasteiger partial charge on any atom is 0.310 e. The molecular weight excluding hydrogens is 212 g/mol. The molecule has 0 amide bonds. The van der Waals surface area contributed by atoms with Gasteiger partial charge >= 0.3 is 5.69 Å². The molecular formula is C8H7F2NO4. The fourth-order valence-corrected chi connectivity index (χ4v) is 0.997. The van der Waals surface area contributed by atoms with E-state index < -0.39 is 34.5 Å². The normalized spacial score (nSPS) is 11.4. The van der Waals surface area contributed by atoms with E-state index in [1.807, 2.05) is 0 Å². The van der Waals surface area contributed by atoms with Crippen LogP contribution in [-0.4, -0.2) is 21.7 Å². The Morgan fingerprint density at radius 3 is 2.47 bits per heavy atom. The van der Waals surface area contributed by atoms with Crippen molar-refractivity contribution in [1.82, 2.24) is 0 Å².